The van der Waals surface area contributed by atoms with Crippen LogP contribution in [0.15, 0.2) is 48.6 Å². The van der Waals surface area contributed by atoms with Crippen LogP contribution in [0.4, 0.5) is 0 Å². The van der Waals surface area contributed by atoms with Gasteiger partial charge in [0, 0.05) is 12.8 Å². The summed E-state index contributed by atoms with van der Waals surface area (Å²) >= 11 is 0. The zero-order valence-electron chi connectivity index (χ0n) is 31.5. The maximum absolute atomic E-state index is 12.1. The van der Waals surface area contributed by atoms with Gasteiger partial charge in [0.25, 0.3) is 0 Å². The normalized spacial score (nSPS) is 12.6. The Labute approximate surface area is 297 Å². The van der Waals surface area contributed by atoms with Crippen molar-refractivity contribution in [1.29, 1.82) is 0 Å². The van der Waals surface area contributed by atoms with E-state index >= 15 is 0 Å². The van der Waals surface area contributed by atoms with Crippen molar-refractivity contribution in [1.82, 2.24) is 0 Å². The zero-order valence-corrected chi connectivity index (χ0v) is 31.5. The summed E-state index contributed by atoms with van der Waals surface area (Å²) in [6.07, 6.45) is 48.9. The van der Waals surface area contributed by atoms with Crippen LogP contribution >= 0.6 is 0 Å². The second kappa shape index (κ2) is 39.3. The number of rotatable bonds is 36. The summed E-state index contributed by atoms with van der Waals surface area (Å²) in [6.45, 7) is 4.07. The fourth-order valence-corrected chi connectivity index (χ4v) is 5.50. The predicted molar refractivity (Wildman–Crippen MR) is 205 cm³/mol. The van der Waals surface area contributed by atoms with E-state index < -0.39 is 6.10 Å². The summed E-state index contributed by atoms with van der Waals surface area (Å²) in [6, 6.07) is 0. The molecule has 0 radical (unpaired) electrons. The third-order valence-corrected chi connectivity index (χ3v) is 8.60. The molecule has 0 fully saturated rings. The highest BCUT2D eigenvalue weighted by atomic mass is 16.6. The Hall–Kier alpha value is -2.14. The molecule has 0 unspecified atom stereocenters. The van der Waals surface area contributed by atoms with Gasteiger partial charge in [0.1, 0.15) is 6.61 Å². The van der Waals surface area contributed by atoms with E-state index in [1.165, 1.54) is 116 Å². The monoisotopic (exact) mass is 673 g/mol. The quantitative estimate of drug-likeness (QED) is 0.0407. The molecule has 0 bridgehead atoms. The standard InChI is InChI=1S/C43H76O5/c1-3-5-7-9-11-13-15-17-19-20-21-22-24-25-27-29-31-33-35-37-42(45)47-40-41(39-44)48-43(46)38-36-34-32-30-28-26-23-18-16-14-12-10-8-6-4-2/h12,14,17-19,23,28,30,41,44H,3-11,13,15-16,20-22,24-27,29,31-40H2,1-2H3/b14-12-,19-17-,23-18-,30-28-/t41-/m0/s1. The van der Waals surface area contributed by atoms with E-state index in [2.05, 4.69) is 62.5 Å². The number of aliphatic hydroxyl groups excluding tert-OH is 1. The average molecular weight is 673 g/mol. The largest absolute Gasteiger partial charge is 0.462 e. The molecule has 0 heterocycles. The topological polar surface area (TPSA) is 72.8 Å². The Morgan fingerprint density at radius 3 is 1.35 bits per heavy atom. The van der Waals surface area contributed by atoms with Crippen LogP contribution in [0, 0.1) is 0 Å². The van der Waals surface area contributed by atoms with Crippen molar-refractivity contribution in [2.45, 2.75) is 200 Å². The molecule has 0 aromatic rings. The smallest absolute Gasteiger partial charge is 0.306 e. The van der Waals surface area contributed by atoms with Crippen molar-refractivity contribution < 1.29 is 24.2 Å². The summed E-state index contributed by atoms with van der Waals surface area (Å²) < 4.78 is 10.6. The minimum absolute atomic E-state index is 0.0824. The summed E-state index contributed by atoms with van der Waals surface area (Å²) in [5, 5.41) is 9.55. The van der Waals surface area contributed by atoms with Gasteiger partial charge >= 0.3 is 11.9 Å². The lowest BCUT2D eigenvalue weighted by molar-refractivity contribution is -0.161. The molecule has 0 spiro atoms. The summed E-state index contributed by atoms with van der Waals surface area (Å²) in [7, 11) is 0. The Kier molecular flexibility index (Phi) is 37.5. The molecule has 0 amide bonds. The molecular formula is C43H76O5. The molecule has 5 nitrogen and oxygen atoms in total. The van der Waals surface area contributed by atoms with Crippen molar-refractivity contribution >= 4 is 11.9 Å². The van der Waals surface area contributed by atoms with Crippen LogP contribution in [0.25, 0.3) is 0 Å². The van der Waals surface area contributed by atoms with Crippen molar-refractivity contribution in [2.24, 2.45) is 0 Å². The van der Waals surface area contributed by atoms with Crippen LogP contribution in [-0.2, 0) is 19.1 Å². The number of hydrogen-bond acceptors (Lipinski definition) is 5. The molecule has 48 heavy (non-hydrogen) atoms. The number of esters is 2. The van der Waals surface area contributed by atoms with E-state index in [4.69, 9.17) is 9.47 Å². The van der Waals surface area contributed by atoms with Crippen molar-refractivity contribution in [2.75, 3.05) is 13.2 Å². The molecule has 0 saturated carbocycles. The lowest BCUT2D eigenvalue weighted by Crippen LogP contribution is -2.28. The maximum atomic E-state index is 12.1. The van der Waals surface area contributed by atoms with E-state index in [9.17, 15) is 14.7 Å². The number of unbranched alkanes of at least 4 members (excludes halogenated alkanes) is 20. The first kappa shape index (κ1) is 45.9. The van der Waals surface area contributed by atoms with Gasteiger partial charge in [-0.25, -0.2) is 0 Å². The maximum Gasteiger partial charge on any atom is 0.306 e. The number of carbonyl (C=O) groups is 2. The van der Waals surface area contributed by atoms with Gasteiger partial charge in [0.15, 0.2) is 6.10 Å². The first-order valence-corrected chi connectivity index (χ1v) is 20.2. The third-order valence-electron chi connectivity index (χ3n) is 8.60. The molecule has 1 N–H and O–H groups in total. The van der Waals surface area contributed by atoms with E-state index in [0.29, 0.717) is 12.8 Å². The molecule has 0 aliphatic carbocycles. The molecule has 0 aromatic heterocycles. The van der Waals surface area contributed by atoms with Crippen molar-refractivity contribution in [3.8, 4) is 0 Å². The van der Waals surface area contributed by atoms with Gasteiger partial charge < -0.3 is 14.6 Å². The van der Waals surface area contributed by atoms with Crippen molar-refractivity contribution in [3.63, 3.8) is 0 Å². The molecule has 0 aliphatic rings. The van der Waals surface area contributed by atoms with Gasteiger partial charge in [-0.3, -0.25) is 9.59 Å². The van der Waals surface area contributed by atoms with Crippen LogP contribution in [0.1, 0.15) is 194 Å². The van der Waals surface area contributed by atoms with E-state index in [1.54, 1.807) is 0 Å². The van der Waals surface area contributed by atoms with Crippen LogP contribution < -0.4 is 0 Å². The van der Waals surface area contributed by atoms with Gasteiger partial charge in [-0.15, -0.1) is 0 Å². The van der Waals surface area contributed by atoms with Crippen molar-refractivity contribution in [3.05, 3.63) is 48.6 Å². The Morgan fingerprint density at radius 2 is 0.833 bits per heavy atom. The molecule has 0 aromatic carbocycles. The van der Waals surface area contributed by atoms with Gasteiger partial charge in [-0.1, -0.05) is 152 Å². The SMILES string of the molecule is CCCCC/C=C\C/C=C\C/C=C\CCCCC(=O)O[C@@H](CO)COC(=O)CCCCCCCCCCC/C=C\CCCCCCCC. The predicted octanol–water partition coefficient (Wildman–Crippen LogP) is 12.6. The zero-order chi connectivity index (χ0) is 35.0. The molecule has 0 saturated heterocycles. The lowest BCUT2D eigenvalue weighted by Gasteiger charge is -2.15. The van der Waals surface area contributed by atoms with Gasteiger partial charge in [-0.2, -0.15) is 0 Å². The second-order valence-corrected chi connectivity index (χ2v) is 13.4. The minimum atomic E-state index is -0.791. The van der Waals surface area contributed by atoms with Crippen LogP contribution in [0.5, 0.6) is 0 Å². The summed E-state index contributed by atoms with van der Waals surface area (Å²) in [4.78, 5) is 24.2. The highest BCUT2D eigenvalue weighted by Crippen LogP contribution is 2.13. The number of ether oxygens (including phenoxy) is 2. The highest BCUT2D eigenvalue weighted by molar-refractivity contribution is 5.70. The summed E-state index contributed by atoms with van der Waals surface area (Å²) in [5.74, 6) is -0.638. The Balaban J connectivity index is 3.60. The van der Waals surface area contributed by atoms with Crippen LogP contribution in [-0.4, -0.2) is 36.4 Å². The highest BCUT2D eigenvalue weighted by Gasteiger charge is 2.16. The molecule has 278 valence electrons. The van der Waals surface area contributed by atoms with Crippen LogP contribution in [0.2, 0.25) is 0 Å². The number of allylic oxidation sites excluding steroid dienone is 8. The van der Waals surface area contributed by atoms with E-state index in [1.807, 2.05) is 0 Å². The Bertz CT molecular complexity index is 812. The first-order valence-electron chi connectivity index (χ1n) is 20.2. The average Bonchev–Trinajstić information content (AvgIpc) is 3.09. The number of carbonyl (C=O) groups excluding carboxylic acids is 2. The summed E-state index contributed by atoms with van der Waals surface area (Å²) in [5.41, 5.74) is 0. The molecule has 0 aliphatic heterocycles. The number of aliphatic hydroxyl groups is 1. The first-order chi connectivity index (χ1) is 23.6. The minimum Gasteiger partial charge on any atom is -0.462 e. The fraction of sp³-hybridized carbons (Fsp3) is 0.767. The Morgan fingerprint density at radius 1 is 0.479 bits per heavy atom. The molecular weight excluding hydrogens is 596 g/mol. The van der Waals surface area contributed by atoms with Crippen LogP contribution in [0.3, 0.4) is 0 Å². The van der Waals surface area contributed by atoms with E-state index in [-0.39, 0.29) is 25.2 Å². The number of hydrogen-bond donors (Lipinski definition) is 1. The molecule has 1 atom stereocenters. The molecule has 0 rings (SSSR count). The van der Waals surface area contributed by atoms with E-state index in [0.717, 1.165) is 51.4 Å². The van der Waals surface area contributed by atoms with Gasteiger partial charge in [0.2, 0.25) is 0 Å². The van der Waals surface area contributed by atoms with Gasteiger partial charge in [-0.05, 0) is 77.0 Å². The second-order valence-electron chi connectivity index (χ2n) is 13.4. The fourth-order valence-electron chi connectivity index (χ4n) is 5.50. The molecule has 5 heteroatoms. The third kappa shape index (κ3) is 36.7. The van der Waals surface area contributed by atoms with Gasteiger partial charge in [0.05, 0.1) is 6.61 Å². The lowest BCUT2D eigenvalue weighted by atomic mass is 10.1.